The summed E-state index contributed by atoms with van der Waals surface area (Å²) in [5.41, 5.74) is 5.28. The third-order valence-corrected chi connectivity index (χ3v) is 5.76. The molecule has 82 valence electrons. The standard InChI is InChI=1S/C9H17NO3S/c1-9(2)7(8(11)3-5-10)4-6-14(9,12)13/h7H,3-6,10H2,1-2H3. The maximum Gasteiger partial charge on any atom is 0.156 e. The molecule has 1 saturated heterocycles. The molecule has 1 aliphatic rings. The van der Waals surface area contributed by atoms with Crippen molar-refractivity contribution in [2.24, 2.45) is 11.7 Å². The van der Waals surface area contributed by atoms with Crippen LogP contribution in [0.2, 0.25) is 0 Å². The summed E-state index contributed by atoms with van der Waals surface area (Å²) in [6.45, 7) is 3.56. The fourth-order valence-corrected chi connectivity index (χ4v) is 3.72. The Kier molecular flexibility index (Phi) is 3.02. The highest BCUT2D eigenvalue weighted by atomic mass is 32.2. The Morgan fingerprint density at radius 2 is 2.07 bits per heavy atom. The van der Waals surface area contributed by atoms with Gasteiger partial charge in [0.25, 0.3) is 0 Å². The lowest BCUT2D eigenvalue weighted by Crippen LogP contribution is -2.38. The predicted molar refractivity (Wildman–Crippen MR) is 54.7 cm³/mol. The number of hydrogen-bond acceptors (Lipinski definition) is 4. The van der Waals surface area contributed by atoms with Gasteiger partial charge >= 0.3 is 0 Å². The molecule has 0 aromatic rings. The van der Waals surface area contributed by atoms with Crippen LogP contribution < -0.4 is 5.73 Å². The summed E-state index contributed by atoms with van der Waals surface area (Å²) >= 11 is 0. The van der Waals surface area contributed by atoms with E-state index in [1.807, 2.05) is 0 Å². The number of nitrogens with two attached hydrogens (primary N) is 1. The fraction of sp³-hybridized carbons (Fsp3) is 0.889. The molecule has 0 amide bonds. The number of carbonyl (C=O) groups excluding carboxylic acids is 1. The van der Waals surface area contributed by atoms with Crippen LogP contribution >= 0.6 is 0 Å². The van der Waals surface area contributed by atoms with Crippen LogP contribution in [-0.4, -0.2) is 31.2 Å². The Labute approximate surface area is 84.8 Å². The van der Waals surface area contributed by atoms with Crippen LogP contribution in [0.3, 0.4) is 0 Å². The van der Waals surface area contributed by atoms with Gasteiger partial charge in [0.05, 0.1) is 10.5 Å². The molecule has 14 heavy (non-hydrogen) atoms. The van der Waals surface area contributed by atoms with Crippen LogP contribution in [0.4, 0.5) is 0 Å². The molecule has 0 spiro atoms. The molecule has 1 rings (SSSR count). The minimum absolute atomic E-state index is 0.0152. The van der Waals surface area contributed by atoms with Crippen LogP contribution in [0.15, 0.2) is 0 Å². The van der Waals surface area contributed by atoms with E-state index in [1.54, 1.807) is 13.8 Å². The minimum atomic E-state index is -3.10. The molecule has 0 radical (unpaired) electrons. The van der Waals surface area contributed by atoms with Gasteiger partial charge in [-0.1, -0.05) is 0 Å². The van der Waals surface area contributed by atoms with Gasteiger partial charge in [0.15, 0.2) is 9.84 Å². The predicted octanol–water partition coefficient (Wildman–Crippen LogP) is 0.118. The molecule has 1 atom stereocenters. The summed E-state index contributed by atoms with van der Waals surface area (Å²) < 4.78 is 22.3. The maximum atomic E-state index is 11.6. The van der Waals surface area contributed by atoms with E-state index in [4.69, 9.17) is 5.73 Å². The van der Waals surface area contributed by atoms with Gasteiger partial charge in [-0.3, -0.25) is 4.79 Å². The highest BCUT2D eigenvalue weighted by molar-refractivity contribution is 7.93. The fourth-order valence-electron chi connectivity index (χ4n) is 1.97. The van der Waals surface area contributed by atoms with Crippen molar-refractivity contribution in [1.29, 1.82) is 0 Å². The van der Waals surface area contributed by atoms with Crippen LogP contribution in [-0.2, 0) is 14.6 Å². The van der Waals surface area contributed by atoms with Crippen molar-refractivity contribution in [3.05, 3.63) is 0 Å². The molecule has 0 bridgehead atoms. The van der Waals surface area contributed by atoms with Gasteiger partial charge in [0, 0.05) is 12.3 Å². The highest BCUT2D eigenvalue weighted by Crippen LogP contribution is 2.38. The van der Waals surface area contributed by atoms with Crippen molar-refractivity contribution in [3.63, 3.8) is 0 Å². The van der Waals surface area contributed by atoms with Gasteiger partial charge in [-0.2, -0.15) is 0 Å². The second-order valence-corrected chi connectivity index (χ2v) is 6.96. The lowest BCUT2D eigenvalue weighted by atomic mass is 9.87. The van der Waals surface area contributed by atoms with Crippen LogP contribution in [0.5, 0.6) is 0 Å². The van der Waals surface area contributed by atoms with Crippen molar-refractivity contribution in [2.45, 2.75) is 31.4 Å². The molecule has 0 aromatic carbocycles. The summed E-state index contributed by atoms with van der Waals surface area (Å²) in [6, 6.07) is 0. The average Bonchev–Trinajstić information content (AvgIpc) is 2.23. The molecule has 1 fully saturated rings. The topological polar surface area (TPSA) is 77.2 Å². The van der Waals surface area contributed by atoms with Gasteiger partial charge in [-0.05, 0) is 26.8 Å². The maximum absolute atomic E-state index is 11.6. The van der Waals surface area contributed by atoms with Gasteiger partial charge in [-0.15, -0.1) is 0 Å². The van der Waals surface area contributed by atoms with E-state index in [1.165, 1.54) is 0 Å². The van der Waals surface area contributed by atoms with Crippen molar-refractivity contribution >= 4 is 15.6 Å². The summed E-state index contributed by atoms with van der Waals surface area (Å²) in [5, 5.41) is 0. The SMILES string of the molecule is CC1(C)C(C(=O)CCN)CCS1(=O)=O. The first-order chi connectivity index (χ1) is 6.33. The normalized spacial score (nSPS) is 28.9. The van der Waals surface area contributed by atoms with Crippen molar-refractivity contribution in [2.75, 3.05) is 12.3 Å². The molecular formula is C9H17NO3S. The number of Topliss-reactive ketones (excluding diaryl/α,β-unsaturated/α-hetero) is 1. The molecule has 1 aliphatic heterocycles. The largest absolute Gasteiger partial charge is 0.330 e. The first-order valence-electron chi connectivity index (χ1n) is 4.78. The third kappa shape index (κ3) is 1.70. The molecule has 0 saturated carbocycles. The molecule has 0 aromatic heterocycles. The van der Waals surface area contributed by atoms with E-state index in [9.17, 15) is 13.2 Å². The van der Waals surface area contributed by atoms with Crippen LogP contribution in [0.25, 0.3) is 0 Å². The molecule has 2 N–H and O–H groups in total. The summed E-state index contributed by atoms with van der Waals surface area (Å²) in [7, 11) is -3.10. The average molecular weight is 219 g/mol. The number of rotatable bonds is 3. The zero-order chi connectivity index (χ0) is 11.0. The smallest absolute Gasteiger partial charge is 0.156 e. The Bertz CT molecular complexity index is 332. The Morgan fingerprint density at radius 3 is 2.43 bits per heavy atom. The molecular weight excluding hydrogens is 202 g/mol. The van der Waals surface area contributed by atoms with Crippen LogP contribution in [0, 0.1) is 5.92 Å². The Morgan fingerprint density at radius 1 is 1.50 bits per heavy atom. The molecule has 1 unspecified atom stereocenters. The van der Waals surface area contributed by atoms with Gasteiger partial charge in [-0.25, -0.2) is 8.42 Å². The lowest BCUT2D eigenvalue weighted by Gasteiger charge is -2.24. The third-order valence-electron chi connectivity index (χ3n) is 3.10. The van der Waals surface area contributed by atoms with E-state index in [2.05, 4.69) is 0 Å². The van der Waals surface area contributed by atoms with Gasteiger partial charge in [0.2, 0.25) is 0 Å². The first-order valence-corrected chi connectivity index (χ1v) is 6.43. The molecule has 1 heterocycles. The number of carbonyl (C=O) groups is 1. The molecule has 5 heteroatoms. The van der Waals surface area contributed by atoms with E-state index in [0.717, 1.165) is 0 Å². The quantitative estimate of drug-likeness (QED) is 0.731. The highest BCUT2D eigenvalue weighted by Gasteiger charge is 2.50. The Balaban J connectivity index is 2.90. The summed E-state index contributed by atoms with van der Waals surface area (Å²) in [4.78, 5) is 11.6. The van der Waals surface area contributed by atoms with Crippen molar-refractivity contribution < 1.29 is 13.2 Å². The monoisotopic (exact) mass is 219 g/mol. The van der Waals surface area contributed by atoms with Gasteiger partial charge < -0.3 is 5.73 Å². The van der Waals surface area contributed by atoms with E-state index >= 15 is 0 Å². The second-order valence-electron chi connectivity index (χ2n) is 4.27. The van der Waals surface area contributed by atoms with E-state index in [0.29, 0.717) is 13.0 Å². The Hall–Kier alpha value is -0.420. The molecule has 0 aliphatic carbocycles. The zero-order valence-electron chi connectivity index (χ0n) is 8.62. The van der Waals surface area contributed by atoms with Crippen LogP contribution in [0.1, 0.15) is 26.7 Å². The van der Waals surface area contributed by atoms with E-state index in [-0.39, 0.29) is 23.9 Å². The number of sulfone groups is 1. The zero-order valence-corrected chi connectivity index (χ0v) is 9.43. The van der Waals surface area contributed by atoms with Crippen molar-refractivity contribution in [1.82, 2.24) is 0 Å². The minimum Gasteiger partial charge on any atom is -0.330 e. The van der Waals surface area contributed by atoms with Gasteiger partial charge in [0.1, 0.15) is 5.78 Å². The van der Waals surface area contributed by atoms with E-state index < -0.39 is 14.6 Å². The summed E-state index contributed by atoms with van der Waals surface area (Å²) in [6.07, 6.45) is 0.734. The second kappa shape index (κ2) is 3.62. The first kappa shape index (κ1) is 11.7. The number of hydrogen-bond donors (Lipinski definition) is 1. The summed E-state index contributed by atoms with van der Waals surface area (Å²) in [5.74, 6) is -0.254. The van der Waals surface area contributed by atoms with Crippen molar-refractivity contribution in [3.8, 4) is 0 Å². The number of ketones is 1. The molecule has 4 nitrogen and oxygen atoms in total. The lowest BCUT2D eigenvalue weighted by molar-refractivity contribution is -0.123.